The van der Waals surface area contributed by atoms with Crippen LogP contribution in [0.2, 0.25) is 0 Å². The lowest BCUT2D eigenvalue weighted by Crippen LogP contribution is -3.17. The van der Waals surface area contributed by atoms with Gasteiger partial charge in [-0.05, 0) is 51.0 Å². The largest absolute Gasteiger partial charge is 0.497 e. The molecule has 1 aliphatic rings. The molecule has 1 aliphatic carbocycles. The molecule has 0 bridgehead atoms. The van der Waals surface area contributed by atoms with Gasteiger partial charge in [0.1, 0.15) is 5.75 Å². The smallest absolute Gasteiger partial charge is 0.279 e. The minimum atomic E-state index is -0.243. The first kappa shape index (κ1) is 19.2. The van der Waals surface area contributed by atoms with Crippen molar-refractivity contribution in [2.45, 2.75) is 51.6 Å². The molecule has 0 saturated heterocycles. The van der Waals surface area contributed by atoms with Crippen molar-refractivity contribution in [2.24, 2.45) is 0 Å². The zero-order chi connectivity index (χ0) is 18.2. The van der Waals surface area contributed by atoms with E-state index in [4.69, 9.17) is 4.74 Å². The molecule has 6 nitrogen and oxygen atoms in total. The van der Waals surface area contributed by atoms with E-state index in [1.165, 1.54) is 12.8 Å². The predicted molar refractivity (Wildman–Crippen MR) is 97.9 cm³/mol. The number of likely N-dealkylation sites (N-methyl/N-ethyl adjacent to an activating group) is 1. The van der Waals surface area contributed by atoms with E-state index in [2.05, 4.69) is 10.6 Å². The number of carbonyl (C=O) groups is 2. The number of carbonyl (C=O) groups excluding carboxylic acids is 2. The highest BCUT2D eigenvalue weighted by Crippen LogP contribution is 2.17. The molecule has 138 valence electrons. The molecular weight excluding hydrogens is 318 g/mol. The molecule has 6 heteroatoms. The maximum absolute atomic E-state index is 12.4. The number of benzene rings is 1. The van der Waals surface area contributed by atoms with Crippen molar-refractivity contribution >= 4 is 17.5 Å². The molecular formula is C19H30N3O3+. The van der Waals surface area contributed by atoms with Crippen molar-refractivity contribution < 1.29 is 19.2 Å². The molecule has 0 aliphatic heterocycles. The first-order valence-electron chi connectivity index (χ1n) is 9.12. The maximum Gasteiger partial charge on any atom is 0.279 e. The van der Waals surface area contributed by atoms with Gasteiger partial charge in [-0.25, -0.2) is 0 Å². The van der Waals surface area contributed by atoms with Gasteiger partial charge in [0.25, 0.3) is 11.8 Å². The third-order valence-electron chi connectivity index (χ3n) is 4.92. The minimum Gasteiger partial charge on any atom is -0.497 e. The molecule has 2 atom stereocenters. The number of ether oxygens (including phenoxy) is 1. The van der Waals surface area contributed by atoms with Crippen LogP contribution in [0.1, 0.15) is 39.5 Å². The second-order valence-corrected chi connectivity index (χ2v) is 6.68. The lowest BCUT2D eigenvalue weighted by atomic mass is 10.2. The van der Waals surface area contributed by atoms with Gasteiger partial charge in [0, 0.05) is 11.7 Å². The Morgan fingerprint density at radius 2 is 1.88 bits per heavy atom. The summed E-state index contributed by atoms with van der Waals surface area (Å²) < 4.78 is 5.11. The molecule has 1 saturated carbocycles. The van der Waals surface area contributed by atoms with Gasteiger partial charge in [0.05, 0.1) is 13.7 Å². The quantitative estimate of drug-likeness (QED) is 0.656. The Hall–Kier alpha value is -2.08. The highest BCUT2D eigenvalue weighted by molar-refractivity contribution is 5.91. The standard InChI is InChI=1S/C19H29N3O3/c1-4-22(14(2)19(24)21-15-7-5-6-8-15)13-18(23)20-16-9-11-17(25-3)12-10-16/h9-12,14-15H,4-8,13H2,1-3H3,(H,20,23)(H,21,24)/p+1/t14-/m1/s1. The molecule has 0 heterocycles. The fraction of sp³-hybridized carbons (Fsp3) is 0.579. The summed E-state index contributed by atoms with van der Waals surface area (Å²) in [5, 5.41) is 6.00. The van der Waals surface area contributed by atoms with E-state index in [-0.39, 0.29) is 24.4 Å². The van der Waals surface area contributed by atoms with Crippen LogP contribution in [-0.2, 0) is 9.59 Å². The van der Waals surface area contributed by atoms with Crippen molar-refractivity contribution in [2.75, 3.05) is 25.5 Å². The van der Waals surface area contributed by atoms with E-state index < -0.39 is 0 Å². The van der Waals surface area contributed by atoms with Crippen molar-refractivity contribution in [3.05, 3.63) is 24.3 Å². The summed E-state index contributed by atoms with van der Waals surface area (Å²) in [5.41, 5.74) is 0.726. The Morgan fingerprint density at radius 1 is 1.24 bits per heavy atom. The number of hydrogen-bond donors (Lipinski definition) is 3. The molecule has 0 spiro atoms. The maximum atomic E-state index is 12.4. The normalized spacial score (nSPS) is 16.9. The molecule has 1 aromatic rings. The summed E-state index contributed by atoms with van der Waals surface area (Å²) >= 11 is 0. The number of rotatable bonds is 8. The van der Waals surface area contributed by atoms with Crippen molar-refractivity contribution in [3.63, 3.8) is 0 Å². The van der Waals surface area contributed by atoms with E-state index in [1.807, 2.05) is 13.8 Å². The Morgan fingerprint density at radius 3 is 2.44 bits per heavy atom. The van der Waals surface area contributed by atoms with Crippen molar-refractivity contribution in [3.8, 4) is 5.75 Å². The van der Waals surface area contributed by atoms with Crippen molar-refractivity contribution in [1.82, 2.24) is 5.32 Å². The van der Waals surface area contributed by atoms with Crippen LogP contribution in [0.4, 0.5) is 5.69 Å². The van der Waals surface area contributed by atoms with E-state index in [9.17, 15) is 9.59 Å². The molecule has 3 N–H and O–H groups in total. The second-order valence-electron chi connectivity index (χ2n) is 6.68. The van der Waals surface area contributed by atoms with Crippen LogP contribution < -0.4 is 20.3 Å². The first-order chi connectivity index (χ1) is 12.0. The third kappa shape index (κ3) is 5.74. The average molecular weight is 348 g/mol. The van der Waals surface area contributed by atoms with Gasteiger partial charge < -0.3 is 20.3 Å². The van der Waals surface area contributed by atoms with E-state index >= 15 is 0 Å². The molecule has 1 unspecified atom stereocenters. The monoisotopic (exact) mass is 348 g/mol. The highest BCUT2D eigenvalue weighted by Gasteiger charge is 2.28. The summed E-state index contributed by atoms with van der Waals surface area (Å²) in [5.74, 6) is 0.694. The van der Waals surface area contributed by atoms with Gasteiger partial charge >= 0.3 is 0 Å². The molecule has 1 fully saturated rings. The molecule has 25 heavy (non-hydrogen) atoms. The van der Waals surface area contributed by atoms with E-state index in [0.29, 0.717) is 6.04 Å². The van der Waals surface area contributed by atoms with Crippen LogP contribution in [0.5, 0.6) is 5.75 Å². The number of amides is 2. The van der Waals surface area contributed by atoms with Gasteiger partial charge in [-0.15, -0.1) is 0 Å². The van der Waals surface area contributed by atoms with Gasteiger partial charge in [0.15, 0.2) is 12.6 Å². The zero-order valence-electron chi connectivity index (χ0n) is 15.4. The van der Waals surface area contributed by atoms with Gasteiger partial charge in [0.2, 0.25) is 0 Å². The van der Waals surface area contributed by atoms with Gasteiger partial charge in [-0.2, -0.15) is 0 Å². The van der Waals surface area contributed by atoms with Gasteiger partial charge in [-0.1, -0.05) is 12.8 Å². The van der Waals surface area contributed by atoms with E-state index in [0.717, 1.165) is 35.7 Å². The van der Waals surface area contributed by atoms with Crippen LogP contribution in [-0.4, -0.2) is 44.1 Å². The Kier molecular flexibility index (Phi) is 7.25. The Balaban J connectivity index is 1.85. The lowest BCUT2D eigenvalue weighted by molar-refractivity contribution is -0.904. The topological polar surface area (TPSA) is 71.9 Å². The lowest BCUT2D eigenvalue weighted by Gasteiger charge is -2.25. The van der Waals surface area contributed by atoms with Crippen LogP contribution >= 0.6 is 0 Å². The molecule has 2 amide bonds. The SMILES string of the molecule is CC[NH+](CC(=O)Nc1ccc(OC)cc1)[C@H](C)C(=O)NC1CCCC1. The average Bonchev–Trinajstić information content (AvgIpc) is 3.12. The summed E-state index contributed by atoms with van der Waals surface area (Å²) in [7, 11) is 1.61. The number of anilines is 1. The summed E-state index contributed by atoms with van der Waals surface area (Å²) in [4.78, 5) is 25.7. The van der Waals surface area contributed by atoms with E-state index in [1.54, 1.807) is 31.4 Å². The third-order valence-corrected chi connectivity index (χ3v) is 4.92. The predicted octanol–water partition coefficient (Wildman–Crippen LogP) is 0.986. The van der Waals surface area contributed by atoms with Crippen LogP contribution in [0.3, 0.4) is 0 Å². The molecule has 1 aromatic carbocycles. The van der Waals surface area contributed by atoms with Gasteiger partial charge in [-0.3, -0.25) is 9.59 Å². The fourth-order valence-corrected chi connectivity index (χ4v) is 3.25. The molecule has 0 radical (unpaired) electrons. The minimum absolute atomic E-state index is 0.0426. The summed E-state index contributed by atoms with van der Waals surface area (Å²) in [6.45, 7) is 4.87. The van der Waals surface area contributed by atoms with Crippen LogP contribution in [0, 0.1) is 0 Å². The fourth-order valence-electron chi connectivity index (χ4n) is 3.25. The summed E-state index contributed by atoms with van der Waals surface area (Å²) in [6.07, 6.45) is 4.51. The number of nitrogens with one attached hydrogen (secondary N) is 3. The zero-order valence-corrected chi connectivity index (χ0v) is 15.4. The van der Waals surface area contributed by atoms with Crippen molar-refractivity contribution in [1.29, 1.82) is 0 Å². The number of hydrogen-bond acceptors (Lipinski definition) is 3. The number of quaternary nitrogens is 1. The molecule has 0 aromatic heterocycles. The Labute approximate surface area is 149 Å². The van der Waals surface area contributed by atoms with Crippen LogP contribution in [0.25, 0.3) is 0 Å². The molecule has 2 rings (SSSR count). The first-order valence-corrected chi connectivity index (χ1v) is 9.12. The number of methoxy groups -OCH3 is 1. The Bertz CT molecular complexity index is 568. The second kappa shape index (κ2) is 9.42. The highest BCUT2D eigenvalue weighted by atomic mass is 16.5. The van der Waals surface area contributed by atoms with Crippen LogP contribution in [0.15, 0.2) is 24.3 Å². The summed E-state index contributed by atoms with van der Waals surface area (Å²) in [6, 6.07) is 7.28.